The van der Waals surface area contributed by atoms with Crippen LogP contribution in [0.5, 0.6) is 0 Å². The van der Waals surface area contributed by atoms with Crippen LogP contribution >= 0.6 is 25.3 Å². The maximum Gasteiger partial charge on any atom is 0.267 e. The third kappa shape index (κ3) is 10.4. The number of hydrogen-bond acceptors (Lipinski definition) is 8. The van der Waals surface area contributed by atoms with Gasteiger partial charge in [0.15, 0.2) is 0 Å². The van der Waals surface area contributed by atoms with Crippen LogP contribution in [0.3, 0.4) is 0 Å². The molecule has 0 aliphatic heterocycles. The second-order valence-corrected chi connectivity index (χ2v) is 12.4. The third-order valence-electron chi connectivity index (χ3n) is 3.81. The summed E-state index contributed by atoms with van der Waals surface area (Å²) in [6, 6.07) is 0. The lowest BCUT2D eigenvalue weighted by molar-refractivity contribution is 0.425. The summed E-state index contributed by atoms with van der Waals surface area (Å²) in [5.74, 6) is 0. The maximum atomic E-state index is 11.5. The Balaban J connectivity index is 5.13. The monoisotopic (exact) mass is 460 g/mol. The number of hydrogen-bond donors (Lipinski definition) is 5. The summed E-state index contributed by atoms with van der Waals surface area (Å²) < 4.78 is 94.8. The van der Waals surface area contributed by atoms with Gasteiger partial charge in [-0.3, -0.25) is 13.7 Å². The van der Waals surface area contributed by atoms with E-state index in [9.17, 15) is 34.4 Å². The predicted octanol–water partition coefficient (Wildman–Crippen LogP) is 1.30. The van der Waals surface area contributed by atoms with Crippen molar-refractivity contribution in [3.05, 3.63) is 0 Å². The van der Waals surface area contributed by atoms with Gasteiger partial charge in [-0.1, -0.05) is 6.92 Å². The molecule has 9 nitrogen and oxygen atoms in total. The molecule has 0 fully saturated rings. The minimum atomic E-state index is -4.58. The zero-order valence-corrected chi connectivity index (χ0v) is 17.7. The molecule has 0 heterocycles. The van der Waals surface area contributed by atoms with Crippen molar-refractivity contribution in [1.82, 2.24) is 0 Å². The van der Waals surface area contributed by atoms with E-state index in [4.69, 9.17) is 4.55 Å². The molecule has 3 N–H and O–H groups in total. The fourth-order valence-corrected chi connectivity index (χ4v) is 5.76. The van der Waals surface area contributed by atoms with Gasteiger partial charge >= 0.3 is 0 Å². The van der Waals surface area contributed by atoms with E-state index in [1.165, 1.54) is 6.92 Å². The molecule has 0 bridgehead atoms. The highest BCUT2D eigenvalue weighted by molar-refractivity contribution is 7.99. The van der Waals surface area contributed by atoms with E-state index in [1.54, 1.807) is 0 Å². The molecule has 0 saturated carbocycles. The molecule has 0 saturated heterocycles. The zero-order valence-electron chi connectivity index (χ0n) is 13.5. The Kier molecular flexibility index (Phi) is 10.3. The molecular weight excluding hydrogens is 436 g/mol. The predicted molar refractivity (Wildman–Crippen MR) is 101 cm³/mol. The molecule has 0 spiro atoms. The minimum Gasteiger partial charge on any atom is -0.285 e. The van der Waals surface area contributed by atoms with E-state index in [0.717, 1.165) is 0 Å². The van der Waals surface area contributed by atoms with E-state index in [1.807, 2.05) is 0 Å². The van der Waals surface area contributed by atoms with Crippen LogP contribution in [0.1, 0.15) is 45.4 Å². The van der Waals surface area contributed by atoms with E-state index in [2.05, 4.69) is 25.3 Å². The van der Waals surface area contributed by atoms with E-state index < -0.39 is 50.7 Å². The quantitative estimate of drug-likeness (QED) is 0.164. The summed E-state index contributed by atoms with van der Waals surface area (Å²) in [6.07, 6.45) is -1.22. The second kappa shape index (κ2) is 10.1. The Hall–Kier alpha value is 0.430. The van der Waals surface area contributed by atoms with Gasteiger partial charge in [-0.2, -0.15) is 50.5 Å². The van der Waals surface area contributed by atoms with Gasteiger partial charge in [-0.25, -0.2) is 0 Å². The second-order valence-electron chi connectivity index (χ2n) is 5.69. The first kappa shape index (κ1) is 25.4. The highest BCUT2D eigenvalue weighted by Gasteiger charge is 2.31. The molecule has 25 heavy (non-hydrogen) atoms. The molecule has 0 rings (SSSR count). The molecule has 0 amide bonds. The van der Waals surface area contributed by atoms with Crippen LogP contribution in [-0.2, 0) is 30.4 Å². The highest BCUT2D eigenvalue weighted by Crippen LogP contribution is 2.24. The van der Waals surface area contributed by atoms with Crippen LogP contribution < -0.4 is 0 Å². The van der Waals surface area contributed by atoms with Crippen molar-refractivity contribution < 1.29 is 38.9 Å². The van der Waals surface area contributed by atoms with Crippen molar-refractivity contribution in [1.29, 1.82) is 0 Å². The van der Waals surface area contributed by atoms with Crippen molar-refractivity contribution in [2.75, 3.05) is 0 Å². The fourth-order valence-electron chi connectivity index (χ4n) is 2.37. The SMILES string of the molecule is CCC(CCC(CCC(CC(S)S)S(=O)(=O)O)S(=O)(=O)O)S(=O)(=O)O. The van der Waals surface area contributed by atoms with Crippen LogP contribution in [0, 0.1) is 0 Å². The summed E-state index contributed by atoms with van der Waals surface area (Å²) in [7, 11) is -13.4. The van der Waals surface area contributed by atoms with Gasteiger partial charge < -0.3 is 0 Å². The van der Waals surface area contributed by atoms with Crippen molar-refractivity contribution in [3.8, 4) is 0 Å². The van der Waals surface area contributed by atoms with E-state index >= 15 is 0 Å². The summed E-state index contributed by atoms with van der Waals surface area (Å²) in [5, 5.41) is -3.93. The van der Waals surface area contributed by atoms with Crippen LogP contribution in [0.4, 0.5) is 0 Å². The van der Waals surface area contributed by atoms with Crippen molar-refractivity contribution in [3.63, 3.8) is 0 Å². The largest absolute Gasteiger partial charge is 0.285 e. The van der Waals surface area contributed by atoms with E-state index in [-0.39, 0.29) is 38.5 Å². The van der Waals surface area contributed by atoms with Crippen LogP contribution in [0.15, 0.2) is 0 Å². The lowest BCUT2D eigenvalue weighted by Gasteiger charge is -2.20. The Bertz CT molecular complexity index is 711. The van der Waals surface area contributed by atoms with Gasteiger partial charge in [-0.05, 0) is 38.5 Å². The molecule has 0 aromatic carbocycles. The van der Waals surface area contributed by atoms with Gasteiger partial charge in [0, 0.05) is 4.58 Å². The summed E-state index contributed by atoms with van der Waals surface area (Å²) in [4.78, 5) is 0. The molecule has 0 aliphatic carbocycles. The topological polar surface area (TPSA) is 163 Å². The Morgan fingerprint density at radius 2 is 1.00 bits per heavy atom. The van der Waals surface area contributed by atoms with Crippen LogP contribution in [-0.4, -0.2) is 59.2 Å². The molecule has 3 atom stereocenters. The first-order valence-electron chi connectivity index (χ1n) is 7.34. The Morgan fingerprint density at radius 3 is 1.28 bits per heavy atom. The van der Waals surface area contributed by atoms with Crippen LogP contribution in [0.2, 0.25) is 0 Å². The summed E-state index contributed by atoms with van der Waals surface area (Å²) in [6.45, 7) is 1.49. The van der Waals surface area contributed by atoms with Crippen molar-refractivity contribution in [2.24, 2.45) is 0 Å². The van der Waals surface area contributed by atoms with Gasteiger partial charge in [-0.15, -0.1) is 0 Å². The van der Waals surface area contributed by atoms with Gasteiger partial charge in [0.25, 0.3) is 30.4 Å². The first-order chi connectivity index (χ1) is 11.1. The summed E-state index contributed by atoms with van der Waals surface area (Å²) in [5.41, 5.74) is 0. The fraction of sp³-hybridized carbons (Fsp3) is 1.00. The molecule has 14 heteroatoms. The molecular formula is C11H24O9S5. The molecule has 152 valence electrons. The highest BCUT2D eigenvalue weighted by atomic mass is 32.2. The van der Waals surface area contributed by atoms with Crippen LogP contribution in [0.25, 0.3) is 0 Å². The average molecular weight is 461 g/mol. The standard InChI is InChI=1S/C11H24O9S5/c1-2-8(23(12,13)14)3-4-9(24(15,16)17)5-6-10(7-11(21)22)25(18,19)20/h8-11,21-22H,2-7H2,1H3,(H,12,13,14)(H,15,16,17)(H,18,19,20). The lowest BCUT2D eigenvalue weighted by Crippen LogP contribution is -2.29. The first-order valence-corrected chi connectivity index (χ1v) is 12.9. The van der Waals surface area contributed by atoms with Gasteiger partial charge in [0.1, 0.15) is 0 Å². The smallest absolute Gasteiger partial charge is 0.267 e. The minimum absolute atomic E-state index is 0.0473. The molecule has 0 aliphatic rings. The van der Waals surface area contributed by atoms with E-state index in [0.29, 0.717) is 0 Å². The molecule has 0 aromatic heterocycles. The van der Waals surface area contributed by atoms with Gasteiger partial charge in [0.05, 0.1) is 15.7 Å². The number of rotatable bonds is 12. The molecule has 0 aromatic rings. The zero-order chi connectivity index (χ0) is 20.1. The van der Waals surface area contributed by atoms with Crippen molar-refractivity contribution in [2.45, 2.75) is 65.8 Å². The van der Waals surface area contributed by atoms with Gasteiger partial charge in [0.2, 0.25) is 0 Å². The Morgan fingerprint density at radius 1 is 0.680 bits per heavy atom. The summed E-state index contributed by atoms with van der Waals surface area (Å²) >= 11 is 7.82. The molecule has 0 radical (unpaired) electrons. The normalized spacial score (nSPS) is 17.4. The number of thiol groups is 2. The third-order valence-corrected chi connectivity index (χ3v) is 8.23. The Labute approximate surface area is 160 Å². The molecule has 3 unspecified atom stereocenters. The van der Waals surface area contributed by atoms with Crippen molar-refractivity contribution >= 4 is 55.6 Å². The maximum absolute atomic E-state index is 11.5. The average Bonchev–Trinajstić information content (AvgIpc) is 2.36. The lowest BCUT2D eigenvalue weighted by atomic mass is 10.1.